The predicted octanol–water partition coefficient (Wildman–Crippen LogP) is 10.3. The topological polar surface area (TPSA) is 156 Å². The maximum Gasteiger partial charge on any atom is 0.314 e. The quantitative estimate of drug-likeness (QED) is 0.0850. The fraction of sp³-hybridized carbons (Fsp3) is 0.167. The first-order valence-corrected chi connectivity index (χ1v) is 23.8. The van der Waals surface area contributed by atoms with Crippen LogP contribution in [0.5, 0.6) is 0 Å². The van der Waals surface area contributed by atoms with E-state index in [4.69, 9.17) is 8.83 Å². The first-order chi connectivity index (χ1) is 32.3. The van der Waals surface area contributed by atoms with Crippen molar-refractivity contribution in [3.05, 3.63) is 192 Å². The second kappa shape index (κ2) is 20.1. The number of benzene rings is 6. The van der Waals surface area contributed by atoms with Crippen LogP contribution in [-0.2, 0) is 46.2 Å². The van der Waals surface area contributed by atoms with Crippen molar-refractivity contribution in [2.75, 3.05) is 20.9 Å². The van der Waals surface area contributed by atoms with Gasteiger partial charge in [0.1, 0.15) is 0 Å². The van der Waals surface area contributed by atoms with Crippen molar-refractivity contribution >= 4 is 42.2 Å². The molecule has 3 heterocycles. The zero-order valence-electron chi connectivity index (χ0n) is 35.4. The molecule has 8 aromatic rings. The summed E-state index contributed by atoms with van der Waals surface area (Å²) in [5, 5.41) is 17.3. The van der Waals surface area contributed by atoms with Gasteiger partial charge in [-0.3, -0.25) is 13.5 Å². The molecule has 0 saturated carbocycles. The summed E-state index contributed by atoms with van der Waals surface area (Å²) in [4.78, 5) is 2.17. The molecule has 0 atom stereocenters. The van der Waals surface area contributed by atoms with Crippen LogP contribution in [0.1, 0.15) is 46.9 Å². The molecule has 2 aromatic heterocycles. The zero-order chi connectivity index (χ0) is 47.1. The molecule has 0 saturated heterocycles. The zero-order valence-corrected chi connectivity index (χ0v) is 37.1. The van der Waals surface area contributed by atoms with Gasteiger partial charge in [0, 0.05) is 36.2 Å². The van der Waals surface area contributed by atoms with Crippen LogP contribution in [0.15, 0.2) is 166 Å². The van der Waals surface area contributed by atoms with E-state index in [9.17, 15) is 34.4 Å². The third-order valence-corrected chi connectivity index (χ3v) is 13.9. The van der Waals surface area contributed by atoms with E-state index < -0.39 is 44.7 Å². The summed E-state index contributed by atoms with van der Waals surface area (Å²) in [7, 11) is -7.41. The van der Waals surface area contributed by atoms with Gasteiger partial charge >= 0.3 is 12.9 Å². The Morgan fingerprint density at radius 3 is 1.46 bits per heavy atom. The SMILES string of the molecule is C=CS(=O)(=O)N(Cc1ccc(-c2nnc(C(F)F)o2)cc1)c1ccccc1.O=S(=O)(CCN1Cc2cccc3cccc(c23)C1)N(Cc1ccc(-c2nnc(C(F)F)o2)cc1)c1ccccc1. The van der Waals surface area contributed by atoms with Gasteiger partial charge in [-0.15, -0.1) is 20.4 Å². The Labute approximate surface area is 383 Å². The molecule has 0 fully saturated rings. The molecule has 0 radical (unpaired) electrons. The summed E-state index contributed by atoms with van der Waals surface area (Å²) in [5.41, 5.74) is 5.81. The van der Waals surface area contributed by atoms with Gasteiger partial charge in [0.15, 0.2) is 0 Å². The Kier molecular flexibility index (Phi) is 13.9. The number of hydrogen-bond acceptors (Lipinski definition) is 11. The van der Waals surface area contributed by atoms with Crippen LogP contribution in [0.3, 0.4) is 0 Å². The van der Waals surface area contributed by atoms with Gasteiger partial charge in [-0.05, 0) is 81.6 Å². The third-order valence-electron chi connectivity index (χ3n) is 10.8. The number of sulfonamides is 2. The maximum absolute atomic E-state index is 13.8. The molecule has 0 unspecified atom stereocenters. The van der Waals surface area contributed by atoms with Crippen LogP contribution in [-0.4, -0.2) is 54.4 Å². The molecule has 0 spiro atoms. The van der Waals surface area contributed by atoms with Crippen LogP contribution in [0.4, 0.5) is 28.9 Å². The minimum absolute atomic E-state index is 0.0202. The number of aromatic nitrogens is 4. The molecular weight excluding hydrogens is 911 g/mol. The number of nitrogens with zero attached hydrogens (tertiary/aromatic N) is 7. The van der Waals surface area contributed by atoms with Gasteiger partial charge in [-0.1, -0.05) is 104 Å². The summed E-state index contributed by atoms with van der Waals surface area (Å²) >= 11 is 0. The fourth-order valence-electron chi connectivity index (χ4n) is 7.49. The van der Waals surface area contributed by atoms with Crippen LogP contribution < -0.4 is 8.61 Å². The number of halogens is 4. The first kappa shape index (κ1) is 46.3. The predicted molar refractivity (Wildman–Crippen MR) is 246 cm³/mol. The maximum atomic E-state index is 13.8. The third kappa shape index (κ3) is 10.9. The highest BCUT2D eigenvalue weighted by Crippen LogP contribution is 2.31. The minimum atomic E-state index is -3.71. The first-order valence-electron chi connectivity index (χ1n) is 20.7. The van der Waals surface area contributed by atoms with Crippen molar-refractivity contribution < 1.29 is 43.2 Å². The molecule has 0 bridgehead atoms. The van der Waals surface area contributed by atoms with Gasteiger partial charge in [-0.25, -0.2) is 16.8 Å². The number of alkyl halides is 4. The highest BCUT2D eigenvalue weighted by atomic mass is 32.2. The van der Waals surface area contributed by atoms with E-state index in [1.807, 2.05) is 18.2 Å². The average molecular weight is 952 g/mol. The lowest BCUT2D eigenvalue weighted by molar-refractivity contribution is 0.115. The molecule has 9 rings (SSSR count). The Morgan fingerprint density at radius 1 is 0.582 bits per heavy atom. The van der Waals surface area contributed by atoms with Crippen LogP contribution in [0.25, 0.3) is 33.7 Å². The monoisotopic (exact) mass is 951 g/mol. The van der Waals surface area contributed by atoms with Gasteiger partial charge in [-0.2, -0.15) is 17.6 Å². The van der Waals surface area contributed by atoms with E-state index >= 15 is 0 Å². The van der Waals surface area contributed by atoms with E-state index in [0.29, 0.717) is 47.7 Å². The Hall–Kier alpha value is -7.22. The van der Waals surface area contributed by atoms with E-state index in [1.165, 1.54) is 30.5 Å². The van der Waals surface area contributed by atoms with Crippen molar-refractivity contribution in [2.45, 2.75) is 39.0 Å². The van der Waals surface area contributed by atoms with E-state index in [1.54, 1.807) is 103 Å². The highest BCUT2D eigenvalue weighted by Gasteiger charge is 2.27. The summed E-state index contributed by atoms with van der Waals surface area (Å²) in [6.07, 6.45) is -5.69. The second-order valence-electron chi connectivity index (χ2n) is 15.2. The number of hydrogen-bond donors (Lipinski definition) is 0. The molecule has 6 aromatic carbocycles. The Bertz CT molecular complexity index is 3140. The van der Waals surface area contributed by atoms with Crippen LogP contribution in [0.2, 0.25) is 0 Å². The Balaban J connectivity index is 0.000000197. The van der Waals surface area contributed by atoms with Crippen molar-refractivity contribution in [1.82, 2.24) is 25.3 Å². The largest absolute Gasteiger partial charge is 0.415 e. The van der Waals surface area contributed by atoms with E-state index in [0.717, 1.165) is 11.0 Å². The molecule has 0 amide bonds. The smallest absolute Gasteiger partial charge is 0.314 e. The van der Waals surface area contributed by atoms with Crippen LogP contribution >= 0.6 is 0 Å². The Morgan fingerprint density at radius 2 is 1.03 bits per heavy atom. The molecular formula is C48H41F4N7O6S2. The average Bonchev–Trinajstić information content (AvgIpc) is 4.06. The van der Waals surface area contributed by atoms with E-state index in [-0.39, 0.29) is 30.6 Å². The summed E-state index contributed by atoms with van der Waals surface area (Å²) in [5.74, 6) is -1.59. The number of rotatable bonds is 16. The van der Waals surface area contributed by atoms with Crippen molar-refractivity contribution in [1.29, 1.82) is 0 Å². The molecule has 19 heteroatoms. The van der Waals surface area contributed by atoms with Gasteiger partial charge in [0.2, 0.25) is 21.8 Å². The van der Waals surface area contributed by atoms with Crippen molar-refractivity contribution in [3.8, 4) is 22.9 Å². The number of anilines is 2. The lowest BCUT2D eigenvalue weighted by Crippen LogP contribution is -2.38. The molecule has 0 aliphatic carbocycles. The van der Waals surface area contributed by atoms with E-state index in [2.05, 4.69) is 56.1 Å². The van der Waals surface area contributed by atoms with Crippen molar-refractivity contribution in [3.63, 3.8) is 0 Å². The highest BCUT2D eigenvalue weighted by molar-refractivity contribution is 7.95. The molecule has 1 aliphatic heterocycles. The van der Waals surface area contributed by atoms with Crippen LogP contribution in [0, 0.1) is 0 Å². The standard InChI is InChI=1S/C30H26F2N4O3S.C18H15F2N3O3S/c31-28(32)30-34-33-29(39-30)23-14-12-21(13-15-23)18-36(26-10-2-1-3-11-26)40(37,38)17-16-35-19-24-8-4-6-22-7-5-9-25(20-35)27(22)24;1-2-27(24,25)23(15-6-4-3-5-7-15)12-13-8-10-14(11-9-13)17-21-22-18(26-17)16(19)20/h1-15,28H,16-20H2;2-11,16H,1,12H2. The summed E-state index contributed by atoms with van der Waals surface area (Å²) in [6.45, 7) is 5.33. The molecule has 0 N–H and O–H groups in total. The van der Waals surface area contributed by atoms with Gasteiger partial charge < -0.3 is 8.83 Å². The van der Waals surface area contributed by atoms with Crippen molar-refractivity contribution in [2.24, 2.45) is 0 Å². The molecule has 67 heavy (non-hydrogen) atoms. The second-order valence-corrected chi connectivity index (χ2v) is 19.1. The van der Waals surface area contributed by atoms with Gasteiger partial charge in [0.25, 0.3) is 21.8 Å². The summed E-state index contributed by atoms with van der Waals surface area (Å²) in [6, 6.07) is 43.4. The number of para-hydroxylation sites is 2. The molecule has 1 aliphatic rings. The lowest BCUT2D eigenvalue weighted by atomic mass is 9.95. The molecule has 344 valence electrons. The molecule has 13 nitrogen and oxygen atoms in total. The lowest BCUT2D eigenvalue weighted by Gasteiger charge is -2.30. The van der Waals surface area contributed by atoms with Gasteiger partial charge in [0.05, 0.1) is 30.2 Å². The normalized spacial score (nSPS) is 12.8. The minimum Gasteiger partial charge on any atom is -0.415 e. The fourth-order valence-corrected chi connectivity index (χ4v) is 9.91. The summed E-state index contributed by atoms with van der Waals surface area (Å²) < 4.78 is 116.